The van der Waals surface area contributed by atoms with Crippen molar-refractivity contribution in [1.82, 2.24) is 4.57 Å². The molecule has 0 unspecified atom stereocenters. The molecule has 0 fully saturated rings. The Balaban J connectivity index is 1.81. The van der Waals surface area contributed by atoms with Crippen molar-refractivity contribution < 1.29 is 4.79 Å². The molecule has 1 N–H and O–H groups in total. The number of hydrogen-bond acceptors (Lipinski definition) is 2. The summed E-state index contributed by atoms with van der Waals surface area (Å²) in [6.07, 6.45) is 1.61. The monoisotopic (exact) mass is 346 g/mol. The van der Waals surface area contributed by atoms with Gasteiger partial charge in [0.2, 0.25) is 0 Å². The van der Waals surface area contributed by atoms with Crippen LogP contribution in [0.3, 0.4) is 0 Å². The van der Waals surface area contributed by atoms with E-state index >= 15 is 0 Å². The van der Waals surface area contributed by atoms with Gasteiger partial charge in [0.15, 0.2) is 0 Å². The summed E-state index contributed by atoms with van der Waals surface area (Å²) in [7, 11) is 0. The number of rotatable bonds is 4. The van der Waals surface area contributed by atoms with E-state index in [0.717, 1.165) is 16.8 Å². The first kappa shape index (κ1) is 17.7. The molecule has 1 heterocycles. The third-order valence-electron chi connectivity index (χ3n) is 4.48. The Bertz CT molecular complexity index is 1000. The normalized spacial score (nSPS) is 10.6. The van der Waals surface area contributed by atoms with Gasteiger partial charge in [0.25, 0.3) is 11.5 Å². The molecule has 0 aliphatic rings. The molecule has 0 radical (unpaired) electrons. The predicted molar refractivity (Wildman–Crippen MR) is 105 cm³/mol. The smallest absolute Gasteiger partial charge is 0.257 e. The van der Waals surface area contributed by atoms with E-state index in [0.29, 0.717) is 12.1 Å². The number of hydrogen-bond donors (Lipinski definition) is 1. The van der Waals surface area contributed by atoms with Crippen molar-refractivity contribution in [2.75, 3.05) is 5.32 Å². The highest BCUT2D eigenvalue weighted by atomic mass is 16.2. The fraction of sp³-hybridized carbons (Fsp3) is 0.182. The standard InChI is InChI=1S/C22H22N2O2/c1-15-4-7-18(8-5-15)13-24-14-19(9-11-21(24)25)22(26)23-20-10-6-16(2)17(3)12-20/h4-12,14H,13H2,1-3H3,(H,23,26). The van der Waals surface area contributed by atoms with Gasteiger partial charge in [-0.25, -0.2) is 0 Å². The average Bonchev–Trinajstić information content (AvgIpc) is 2.62. The number of nitrogens with zero attached hydrogens (tertiary/aromatic N) is 1. The third kappa shape index (κ3) is 4.09. The van der Waals surface area contributed by atoms with Crippen LogP contribution in [0, 0.1) is 20.8 Å². The highest BCUT2D eigenvalue weighted by Crippen LogP contribution is 2.15. The van der Waals surface area contributed by atoms with Crippen LogP contribution in [0.5, 0.6) is 0 Å². The zero-order valence-electron chi connectivity index (χ0n) is 15.2. The zero-order valence-corrected chi connectivity index (χ0v) is 15.2. The molecule has 0 aliphatic heterocycles. The number of pyridine rings is 1. The van der Waals surface area contributed by atoms with Gasteiger partial charge in [-0.05, 0) is 55.7 Å². The minimum Gasteiger partial charge on any atom is -0.322 e. The summed E-state index contributed by atoms with van der Waals surface area (Å²) in [5.41, 5.74) is 5.55. The maximum absolute atomic E-state index is 12.5. The quantitative estimate of drug-likeness (QED) is 0.774. The minimum absolute atomic E-state index is 0.131. The van der Waals surface area contributed by atoms with E-state index in [1.165, 1.54) is 17.2 Å². The second kappa shape index (κ2) is 7.40. The fourth-order valence-corrected chi connectivity index (χ4v) is 2.70. The van der Waals surface area contributed by atoms with Crippen LogP contribution in [0.25, 0.3) is 0 Å². The molecule has 0 spiro atoms. The summed E-state index contributed by atoms with van der Waals surface area (Å²) in [6.45, 7) is 6.49. The number of benzene rings is 2. The van der Waals surface area contributed by atoms with Crippen LogP contribution in [-0.2, 0) is 6.54 Å². The fourth-order valence-electron chi connectivity index (χ4n) is 2.70. The number of aryl methyl sites for hydroxylation is 3. The van der Waals surface area contributed by atoms with E-state index in [-0.39, 0.29) is 11.5 Å². The number of amides is 1. The molecule has 4 heteroatoms. The molecule has 26 heavy (non-hydrogen) atoms. The molecule has 132 valence electrons. The van der Waals surface area contributed by atoms with Crippen molar-refractivity contribution >= 4 is 11.6 Å². The summed E-state index contributed by atoms with van der Waals surface area (Å²) in [5.74, 6) is -0.231. The zero-order chi connectivity index (χ0) is 18.7. The molecule has 4 nitrogen and oxygen atoms in total. The molecule has 1 aromatic heterocycles. The Labute approximate surface area is 153 Å². The van der Waals surface area contributed by atoms with Crippen LogP contribution in [0.4, 0.5) is 5.69 Å². The second-order valence-electron chi connectivity index (χ2n) is 6.62. The maximum atomic E-state index is 12.5. The first-order valence-corrected chi connectivity index (χ1v) is 8.57. The van der Waals surface area contributed by atoms with E-state index in [2.05, 4.69) is 5.32 Å². The Morgan fingerprint density at radius 3 is 2.35 bits per heavy atom. The van der Waals surface area contributed by atoms with Crippen molar-refractivity contribution in [3.8, 4) is 0 Å². The summed E-state index contributed by atoms with van der Waals surface area (Å²) in [6, 6.07) is 16.8. The van der Waals surface area contributed by atoms with Gasteiger partial charge in [-0.2, -0.15) is 0 Å². The van der Waals surface area contributed by atoms with Crippen LogP contribution >= 0.6 is 0 Å². The van der Waals surface area contributed by atoms with E-state index in [4.69, 9.17) is 0 Å². The van der Waals surface area contributed by atoms with Gasteiger partial charge in [-0.15, -0.1) is 0 Å². The van der Waals surface area contributed by atoms with E-state index in [1.54, 1.807) is 16.8 Å². The Morgan fingerprint density at radius 1 is 0.923 bits per heavy atom. The molecule has 0 aliphatic carbocycles. The van der Waals surface area contributed by atoms with Crippen molar-refractivity contribution in [2.24, 2.45) is 0 Å². The summed E-state index contributed by atoms with van der Waals surface area (Å²) < 4.78 is 1.56. The molecule has 3 aromatic rings. The van der Waals surface area contributed by atoms with Crippen molar-refractivity contribution in [3.63, 3.8) is 0 Å². The van der Waals surface area contributed by atoms with Crippen LogP contribution in [0.1, 0.15) is 32.6 Å². The highest BCUT2D eigenvalue weighted by molar-refractivity contribution is 6.04. The number of carbonyl (C=O) groups excluding carboxylic acids is 1. The molecule has 0 atom stereocenters. The van der Waals surface area contributed by atoms with Crippen molar-refractivity contribution in [2.45, 2.75) is 27.3 Å². The molecule has 0 saturated carbocycles. The van der Waals surface area contributed by atoms with Crippen molar-refractivity contribution in [3.05, 3.63) is 99.0 Å². The Hall–Kier alpha value is -3.14. The van der Waals surface area contributed by atoms with Gasteiger partial charge in [0, 0.05) is 18.0 Å². The molecule has 1 amide bonds. The van der Waals surface area contributed by atoms with Crippen molar-refractivity contribution in [1.29, 1.82) is 0 Å². The third-order valence-corrected chi connectivity index (χ3v) is 4.48. The van der Waals surface area contributed by atoms with Gasteiger partial charge in [-0.3, -0.25) is 9.59 Å². The van der Waals surface area contributed by atoms with E-state index in [9.17, 15) is 9.59 Å². The number of anilines is 1. The summed E-state index contributed by atoms with van der Waals surface area (Å²) in [4.78, 5) is 24.7. The lowest BCUT2D eigenvalue weighted by molar-refractivity contribution is 0.102. The van der Waals surface area contributed by atoms with Crippen LogP contribution in [0.15, 0.2) is 65.6 Å². The van der Waals surface area contributed by atoms with Crippen LogP contribution < -0.4 is 10.9 Å². The number of nitrogens with one attached hydrogen (secondary N) is 1. The average molecular weight is 346 g/mol. The number of carbonyl (C=O) groups is 1. The summed E-state index contributed by atoms with van der Waals surface area (Å²) >= 11 is 0. The second-order valence-corrected chi connectivity index (χ2v) is 6.62. The topological polar surface area (TPSA) is 51.1 Å². The van der Waals surface area contributed by atoms with Gasteiger partial charge < -0.3 is 9.88 Å². The van der Waals surface area contributed by atoms with Crippen LogP contribution in [-0.4, -0.2) is 10.5 Å². The lowest BCUT2D eigenvalue weighted by Crippen LogP contribution is -2.22. The molecule has 0 saturated heterocycles. The number of aromatic nitrogens is 1. The van der Waals surface area contributed by atoms with Gasteiger partial charge in [0.05, 0.1) is 12.1 Å². The van der Waals surface area contributed by atoms with E-state index in [1.807, 2.05) is 63.2 Å². The molecular formula is C22H22N2O2. The predicted octanol–water partition coefficient (Wildman–Crippen LogP) is 4.07. The SMILES string of the molecule is Cc1ccc(Cn2cc(C(=O)Nc3ccc(C)c(C)c3)ccc2=O)cc1. The Morgan fingerprint density at radius 2 is 1.65 bits per heavy atom. The van der Waals surface area contributed by atoms with Crippen LogP contribution in [0.2, 0.25) is 0 Å². The highest BCUT2D eigenvalue weighted by Gasteiger charge is 2.09. The molecule has 3 rings (SSSR count). The molecule has 2 aromatic carbocycles. The summed E-state index contributed by atoms with van der Waals surface area (Å²) in [5, 5.41) is 2.89. The first-order valence-electron chi connectivity index (χ1n) is 8.57. The lowest BCUT2D eigenvalue weighted by Gasteiger charge is -2.10. The van der Waals surface area contributed by atoms with Gasteiger partial charge >= 0.3 is 0 Å². The van der Waals surface area contributed by atoms with Gasteiger partial charge in [-0.1, -0.05) is 35.9 Å². The lowest BCUT2D eigenvalue weighted by atomic mass is 10.1. The first-order chi connectivity index (χ1) is 12.4. The van der Waals surface area contributed by atoms with Gasteiger partial charge in [0.1, 0.15) is 0 Å². The largest absolute Gasteiger partial charge is 0.322 e. The Kier molecular flexibility index (Phi) is 5.03. The maximum Gasteiger partial charge on any atom is 0.257 e. The minimum atomic E-state index is -0.231. The molecular weight excluding hydrogens is 324 g/mol. The molecule has 0 bridgehead atoms. The van der Waals surface area contributed by atoms with E-state index < -0.39 is 0 Å².